The molecule has 1 fully saturated rings. The molecule has 1 N–H and O–H groups in total. The minimum absolute atomic E-state index is 0.222. The van der Waals surface area contributed by atoms with E-state index in [9.17, 15) is 4.79 Å². The molecule has 2 unspecified atom stereocenters. The Morgan fingerprint density at radius 3 is 3.00 bits per heavy atom. The summed E-state index contributed by atoms with van der Waals surface area (Å²) in [6.07, 6.45) is 7.12. The minimum atomic E-state index is -0.659. The second kappa shape index (κ2) is 2.90. The van der Waals surface area contributed by atoms with Gasteiger partial charge in [0.05, 0.1) is 0 Å². The van der Waals surface area contributed by atoms with E-state index in [1.165, 1.54) is 0 Å². The highest BCUT2D eigenvalue weighted by molar-refractivity contribution is 5.74. The van der Waals surface area contributed by atoms with Crippen LogP contribution in [-0.2, 0) is 4.79 Å². The molecule has 66 valence electrons. The van der Waals surface area contributed by atoms with Crippen LogP contribution in [0, 0.1) is 0 Å². The van der Waals surface area contributed by atoms with Crippen LogP contribution in [0.5, 0.6) is 0 Å². The summed E-state index contributed by atoms with van der Waals surface area (Å²) in [6.45, 7) is 0.821. The van der Waals surface area contributed by atoms with Crippen LogP contribution in [-0.4, -0.2) is 34.6 Å². The van der Waals surface area contributed by atoms with E-state index in [0.29, 0.717) is 6.04 Å². The smallest absolute Gasteiger partial charge is 0.320 e. The summed E-state index contributed by atoms with van der Waals surface area (Å²) >= 11 is 0. The van der Waals surface area contributed by atoms with Gasteiger partial charge >= 0.3 is 5.97 Å². The van der Waals surface area contributed by atoms with Crippen molar-refractivity contribution in [2.24, 2.45) is 0 Å². The highest BCUT2D eigenvalue weighted by Crippen LogP contribution is 2.28. The van der Waals surface area contributed by atoms with Crippen molar-refractivity contribution >= 4 is 5.97 Å². The van der Waals surface area contributed by atoms with Crippen molar-refractivity contribution in [1.82, 2.24) is 4.90 Å². The molecule has 2 heterocycles. The van der Waals surface area contributed by atoms with E-state index in [1.54, 1.807) is 0 Å². The lowest BCUT2D eigenvalue weighted by Crippen LogP contribution is -2.41. The fourth-order valence-corrected chi connectivity index (χ4v) is 2.18. The zero-order valence-electron chi connectivity index (χ0n) is 6.94. The van der Waals surface area contributed by atoms with Crippen LogP contribution in [0.2, 0.25) is 0 Å². The molecule has 2 aliphatic heterocycles. The van der Waals surface area contributed by atoms with Crippen molar-refractivity contribution in [3.05, 3.63) is 12.2 Å². The summed E-state index contributed by atoms with van der Waals surface area (Å²) in [4.78, 5) is 12.9. The van der Waals surface area contributed by atoms with E-state index < -0.39 is 5.97 Å². The number of fused-ring (bicyclic) bond motifs is 1. The normalized spacial score (nSPS) is 35.0. The molecule has 3 heteroatoms. The Bertz CT molecular complexity index is 225. The molecule has 12 heavy (non-hydrogen) atoms. The second-order valence-electron chi connectivity index (χ2n) is 3.49. The van der Waals surface area contributed by atoms with Crippen LogP contribution in [0.3, 0.4) is 0 Å². The van der Waals surface area contributed by atoms with E-state index in [1.807, 2.05) is 0 Å². The zero-order chi connectivity index (χ0) is 8.55. The van der Waals surface area contributed by atoms with Crippen molar-refractivity contribution in [3.63, 3.8) is 0 Å². The molecule has 2 aliphatic rings. The van der Waals surface area contributed by atoms with E-state index in [-0.39, 0.29) is 6.04 Å². The largest absolute Gasteiger partial charge is 0.480 e. The van der Waals surface area contributed by atoms with Gasteiger partial charge in [0, 0.05) is 12.6 Å². The Balaban J connectivity index is 2.11. The number of hydrogen-bond donors (Lipinski definition) is 1. The third kappa shape index (κ3) is 1.14. The zero-order valence-corrected chi connectivity index (χ0v) is 6.94. The van der Waals surface area contributed by atoms with Gasteiger partial charge in [0.15, 0.2) is 0 Å². The van der Waals surface area contributed by atoms with Gasteiger partial charge < -0.3 is 5.11 Å². The van der Waals surface area contributed by atoms with Crippen LogP contribution < -0.4 is 0 Å². The topological polar surface area (TPSA) is 40.5 Å². The first kappa shape index (κ1) is 7.80. The van der Waals surface area contributed by atoms with Gasteiger partial charge in [-0.15, -0.1) is 0 Å². The van der Waals surface area contributed by atoms with Gasteiger partial charge in [-0.3, -0.25) is 9.69 Å². The van der Waals surface area contributed by atoms with Crippen LogP contribution in [0.1, 0.15) is 19.3 Å². The van der Waals surface area contributed by atoms with E-state index in [4.69, 9.17) is 5.11 Å². The van der Waals surface area contributed by atoms with E-state index in [0.717, 1.165) is 25.8 Å². The monoisotopic (exact) mass is 167 g/mol. The SMILES string of the molecule is O=C(O)C1CCC2CC=CCN21. The Kier molecular flexibility index (Phi) is 1.89. The van der Waals surface area contributed by atoms with E-state index >= 15 is 0 Å². The van der Waals surface area contributed by atoms with Crippen molar-refractivity contribution in [2.45, 2.75) is 31.3 Å². The van der Waals surface area contributed by atoms with Crippen LogP contribution in [0.25, 0.3) is 0 Å². The van der Waals surface area contributed by atoms with Crippen molar-refractivity contribution in [3.8, 4) is 0 Å². The second-order valence-corrected chi connectivity index (χ2v) is 3.49. The first-order valence-corrected chi connectivity index (χ1v) is 4.42. The Labute approximate surface area is 71.7 Å². The summed E-state index contributed by atoms with van der Waals surface area (Å²) in [7, 11) is 0. The molecule has 0 aromatic carbocycles. The molecule has 3 nitrogen and oxygen atoms in total. The van der Waals surface area contributed by atoms with Crippen molar-refractivity contribution in [1.29, 1.82) is 0 Å². The van der Waals surface area contributed by atoms with Crippen LogP contribution >= 0.6 is 0 Å². The summed E-state index contributed by atoms with van der Waals surface area (Å²) in [5, 5.41) is 8.89. The predicted molar refractivity (Wildman–Crippen MR) is 44.9 cm³/mol. The number of aliphatic carboxylic acids is 1. The van der Waals surface area contributed by atoms with Gasteiger partial charge in [-0.1, -0.05) is 12.2 Å². The third-order valence-corrected chi connectivity index (χ3v) is 2.82. The van der Waals surface area contributed by atoms with Crippen LogP contribution in [0.15, 0.2) is 12.2 Å². The predicted octanol–water partition coefficient (Wildman–Crippen LogP) is 0.864. The number of carboxylic acids is 1. The van der Waals surface area contributed by atoms with E-state index in [2.05, 4.69) is 17.1 Å². The Hall–Kier alpha value is -0.830. The van der Waals surface area contributed by atoms with Gasteiger partial charge in [-0.2, -0.15) is 0 Å². The maximum Gasteiger partial charge on any atom is 0.320 e. The molecule has 0 spiro atoms. The lowest BCUT2D eigenvalue weighted by Gasteiger charge is -2.28. The third-order valence-electron chi connectivity index (χ3n) is 2.82. The molecule has 0 amide bonds. The molecule has 0 aliphatic carbocycles. The molecule has 0 aromatic heterocycles. The molecule has 0 aromatic rings. The Morgan fingerprint density at radius 1 is 1.42 bits per heavy atom. The molecule has 2 atom stereocenters. The Morgan fingerprint density at radius 2 is 2.25 bits per heavy atom. The maximum absolute atomic E-state index is 10.8. The standard InChI is InChI=1S/C9H13NO2/c11-9(12)8-5-4-7-3-1-2-6-10(7)8/h1-2,7-8H,3-6H2,(H,11,12). The van der Waals surface area contributed by atoms with Gasteiger partial charge in [-0.05, 0) is 19.3 Å². The number of carbonyl (C=O) groups is 1. The maximum atomic E-state index is 10.8. The average molecular weight is 167 g/mol. The van der Waals surface area contributed by atoms with Crippen molar-refractivity contribution < 1.29 is 9.90 Å². The fraction of sp³-hybridized carbons (Fsp3) is 0.667. The van der Waals surface area contributed by atoms with Gasteiger partial charge in [0.1, 0.15) is 6.04 Å². The molecule has 0 bridgehead atoms. The van der Waals surface area contributed by atoms with Gasteiger partial charge in [0.2, 0.25) is 0 Å². The fourth-order valence-electron chi connectivity index (χ4n) is 2.18. The molecule has 2 rings (SSSR count). The summed E-state index contributed by atoms with van der Waals surface area (Å²) in [6, 6.07) is 0.274. The number of hydrogen-bond acceptors (Lipinski definition) is 2. The molecule has 0 saturated carbocycles. The molecule has 1 saturated heterocycles. The lowest BCUT2D eigenvalue weighted by molar-refractivity contribution is -0.142. The summed E-state index contributed by atoms with van der Waals surface area (Å²) in [5.74, 6) is -0.659. The lowest BCUT2D eigenvalue weighted by atomic mass is 10.1. The quantitative estimate of drug-likeness (QED) is 0.589. The first-order chi connectivity index (χ1) is 5.79. The number of rotatable bonds is 1. The summed E-state index contributed by atoms with van der Waals surface area (Å²) < 4.78 is 0. The minimum Gasteiger partial charge on any atom is -0.480 e. The van der Waals surface area contributed by atoms with Crippen LogP contribution in [0.4, 0.5) is 0 Å². The van der Waals surface area contributed by atoms with Gasteiger partial charge in [0.25, 0.3) is 0 Å². The highest BCUT2D eigenvalue weighted by Gasteiger charge is 2.37. The molecule has 0 radical (unpaired) electrons. The first-order valence-electron chi connectivity index (χ1n) is 4.42. The number of carboxylic acid groups (broad SMARTS) is 1. The van der Waals surface area contributed by atoms with Crippen molar-refractivity contribution in [2.75, 3.05) is 6.54 Å². The summed E-state index contributed by atoms with van der Waals surface area (Å²) in [5.41, 5.74) is 0. The average Bonchev–Trinajstić information content (AvgIpc) is 2.47. The molecular weight excluding hydrogens is 154 g/mol. The molecular formula is C9H13NO2. The number of nitrogens with zero attached hydrogens (tertiary/aromatic N) is 1. The highest BCUT2D eigenvalue weighted by atomic mass is 16.4. The van der Waals surface area contributed by atoms with Gasteiger partial charge in [-0.25, -0.2) is 0 Å².